The first-order chi connectivity index (χ1) is 10.6. The number of rotatable bonds is 8. The van der Waals surface area contributed by atoms with Gasteiger partial charge in [0, 0.05) is 19.0 Å². The van der Waals surface area contributed by atoms with Crippen LogP contribution in [0.2, 0.25) is 0 Å². The first-order valence-electron chi connectivity index (χ1n) is 9.25. The molecule has 0 aromatic rings. The molecule has 2 rings (SSSR count). The van der Waals surface area contributed by atoms with Gasteiger partial charge in [-0.3, -0.25) is 9.69 Å². The fourth-order valence-corrected chi connectivity index (χ4v) is 4.10. The van der Waals surface area contributed by atoms with Gasteiger partial charge in [-0.1, -0.05) is 26.2 Å². The van der Waals surface area contributed by atoms with Gasteiger partial charge in [0.25, 0.3) is 0 Å². The molecule has 22 heavy (non-hydrogen) atoms. The second-order valence-corrected chi connectivity index (χ2v) is 7.62. The molecule has 1 aliphatic heterocycles. The molecule has 0 radical (unpaired) electrons. The number of aliphatic hydroxyl groups is 1. The van der Waals surface area contributed by atoms with Gasteiger partial charge in [0.05, 0.1) is 6.61 Å². The summed E-state index contributed by atoms with van der Waals surface area (Å²) in [6, 6.07) is 0.376. The van der Waals surface area contributed by atoms with Crippen molar-refractivity contribution in [1.29, 1.82) is 0 Å². The number of carbonyl (C=O) groups is 1. The molecule has 128 valence electrons. The molecule has 2 N–H and O–H groups in total. The van der Waals surface area contributed by atoms with Crippen molar-refractivity contribution in [1.82, 2.24) is 10.2 Å². The van der Waals surface area contributed by atoms with Crippen LogP contribution < -0.4 is 5.32 Å². The van der Waals surface area contributed by atoms with Crippen molar-refractivity contribution in [2.45, 2.75) is 77.2 Å². The van der Waals surface area contributed by atoms with E-state index in [1.165, 1.54) is 38.5 Å². The first kappa shape index (κ1) is 17.7. The summed E-state index contributed by atoms with van der Waals surface area (Å²) < 4.78 is 0. The molecule has 1 amide bonds. The van der Waals surface area contributed by atoms with E-state index in [0.29, 0.717) is 12.5 Å². The Hall–Kier alpha value is -0.610. The molecule has 0 aromatic carbocycles. The number of carbonyl (C=O) groups excluding carboxylic acids is 1. The highest BCUT2D eigenvalue weighted by atomic mass is 16.3. The Morgan fingerprint density at radius 3 is 2.73 bits per heavy atom. The average molecular weight is 310 g/mol. The normalized spacial score (nSPS) is 25.3. The van der Waals surface area contributed by atoms with Crippen LogP contribution in [-0.4, -0.2) is 48.2 Å². The van der Waals surface area contributed by atoms with Crippen molar-refractivity contribution < 1.29 is 9.90 Å². The number of hydrogen-bond donors (Lipinski definition) is 2. The van der Waals surface area contributed by atoms with Crippen LogP contribution in [0.1, 0.15) is 71.1 Å². The molecule has 4 heteroatoms. The van der Waals surface area contributed by atoms with Crippen molar-refractivity contribution in [3.8, 4) is 0 Å². The van der Waals surface area contributed by atoms with Crippen LogP contribution in [0.5, 0.6) is 0 Å². The highest BCUT2D eigenvalue weighted by Crippen LogP contribution is 2.38. The number of likely N-dealkylation sites (tertiary alicyclic amines) is 1. The maximum Gasteiger partial charge on any atom is 0.220 e. The first-order valence-corrected chi connectivity index (χ1v) is 9.25. The van der Waals surface area contributed by atoms with Crippen LogP contribution in [-0.2, 0) is 4.79 Å². The lowest BCUT2D eigenvalue weighted by Gasteiger charge is -2.32. The highest BCUT2D eigenvalue weighted by Gasteiger charge is 2.29. The Morgan fingerprint density at radius 2 is 2.00 bits per heavy atom. The summed E-state index contributed by atoms with van der Waals surface area (Å²) in [5, 5.41) is 12.4. The summed E-state index contributed by atoms with van der Waals surface area (Å²) in [6.07, 6.45) is 11.5. The predicted octanol–water partition coefficient (Wildman–Crippen LogP) is 2.70. The number of nitrogens with one attached hydrogen (secondary N) is 1. The van der Waals surface area contributed by atoms with E-state index in [1.807, 2.05) is 0 Å². The lowest BCUT2D eigenvalue weighted by atomic mass is 9.73. The van der Waals surface area contributed by atoms with Gasteiger partial charge in [0.2, 0.25) is 5.91 Å². The molecule has 4 nitrogen and oxygen atoms in total. The minimum atomic E-state index is 0.235. The Kier molecular flexibility index (Phi) is 7.16. The SMILES string of the molecule is CC1(CC(=O)NCCCCN2CCCC2CO)CCCCC1. The molecule has 0 aromatic heterocycles. The van der Waals surface area contributed by atoms with Crippen molar-refractivity contribution in [3.63, 3.8) is 0 Å². The molecule has 2 aliphatic rings. The van der Waals surface area contributed by atoms with Crippen LogP contribution in [0.4, 0.5) is 0 Å². The van der Waals surface area contributed by atoms with E-state index in [-0.39, 0.29) is 17.9 Å². The summed E-state index contributed by atoms with van der Waals surface area (Å²) in [5.74, 6) is 0.235. The highest BCUT2D eigenvalue weighted by molar-refractivity contribution is 5.76. The topological polar surface area (TPSA) is 52.6 Å². The van der Waals surface area contributed by atoms with E-state index in [0.717, 1.165) is 38.9 Å². The van der Waals surface area contributed by atoms with Gasteiger partial charge in [-0.25, -0.2) is 0 Å². The van der Waals surface area contributed by atoms with Crippen molar-refractivity contribution in [2.24, 2.45) is 5.41 Å². The van der Waals surface area contributed by atoms with Gasteiger partial charge in [0.1, 0.15) is 0 Å². The van der Waals surface area contributed by atoms with Crippen LogP contribution in [0.25, 0.3) is 0 Å². The van der Waals surface area contributed by atoms with Crippen molar-refractivity contribution in [2.75, 3.05) is 26.2 Å². The zero-order valence-corrected chi connectivity index (χ0v) is 14.3. The lowest BCUT2D eigenvalue weighted by Crippen LogP contribution is -2.34. The monoisotopic (exact) mass is 310 g/mol. The van der Waals surface area contributed by atoms with Gasteiger partial charge in [-0.05, 0) is 57.0 Å². The van der Waals surface area contributed by atoms with Gasteiger partial charge < -0.3 is 10.4 Å². The van der Waals surface area contributed by atoms with E-state index < -0.39 is 0 Å². The number of hydrogen-bond acceptors (Lipinski definition) is 3. The molecule has 0 spiro atoms. The molecule has 0 bridgehead atoms. The summed E-state index contributed by atoms with van der Waals surface area (Å²) in [5.41, 5.74) is 0.242. The Bertz CT molecular complexity index is 340. The zero-order valence-electron chi connectivity index (χ0n) is 14.3. The third-order valence-electron chi connectivity index (χ3n) is 5.55. The molecule has 2 fully saturated rings. The van der Waals surface area contributed by atoms with E-state index in [2.05, 4.69) is 17.1 Å². The minimum absolute atomic E-state index is 0.235. The molecule has 1 heterocycles. The van der Waals surface area contributed by atoms with E-state index in [1.54, 1.807) is 0 Å². The summed E-state index contributed by atoms with van der Waals surface area (Å²) >= 11 is 0. The summed E-state index contributed by atoms with van der Waals surface area (Å²) in [7, 11) is 0. The predicted molar refractivity (Wildman–Crippen MR) is 89.7 cm³/mol. The number of unbranched alkanes of at least 4 members (excludes halogenated alkanes) is 1. The molecule has 1 unspecified atom stereocenters. The fraction of sp³-hybridized carbons (Fsp3) is 0.944. The molecule has 1 saturated heterocycles. The quantitative estimate of drug-likeness (QED) is 0.678. The second kappa shape index (κ2) is 8.88. The maximum absolute atomic E-state index is 12.1. The van der Waals surface area contributed by atoms with Crippen LogP contribution in [0, 0.1) is 5.41 Å². The standard InChI is InChI=1S/C18H34N2O2/c1-18(9-3-2-4-10-18)14-17(22)19-11-5-6-12-20-13-7-8-16(20)15-21/h16,21H,2-15H2,1H3,(H,19,22). The van der Waals surface area contributed by atoms with Crippen LogP contribution in [0.3, 0.4) is 0 Å². The Balaban J connectivity index is 1.53. The molecule has 1 aliphatic carbocycles. The maximum atomic E-state index is 12.1. The summed E-state index contributed by atoms with van der Waals surface area (Å²) in [6.45, 7) is 5.53. The molecule has 1 atom stereocenters. The molecular formula is C18H34N2O2. The van der Waals surface area contributed by atoms with E-state index >= 15 is 0 Å². The Labute approximate surface area is 135 Å². The Morgan fingerprint density at radius 1 is 1.23 bits per heavy atom. The third-order valence-corrected chi connectivity index (χ3v) is 5.55. The van der Waals surface area contributed by atoms with E-state index in [9.17, 15) is 9.90 Å². The number of nitrogens with zero attached hydrogens (tertiary/aromatic N) is 1. The van der Waals surface area contributed by atoms with Crippen molar-refractivity contribution >= 4 is 5.91 Å². The van der Waals surface area contributed by atoms with Gasteiger partial charge in [0.15, 0.2) is 0 Å². The fourth-order valence-electron chi connectivity index (χ4n) is 4.10. The van der Waals surface area contributed by atoms with Gasteiger partial charge in [-0.15, -0.1) is 0 Å². The van der Waals surface area contributed by atoms with Crippen LogP contribution in [0.15, 0.2) is 0 Å². The third kappa shape index (κ3) is 5.54. The smallest absolute Gasteiger partial charge is 0.220 e. The van der Waals surface area contributed by atoms with Crippen LogP contribution >= 0.6 is 0 Å². The largest absolute Gasteiger partial charge is 0.395 e. The van der Waals surface area contributed by atoms with E-state index in [4.69, 9.17) is 0 Å². The molecular weight excluding hydrogens is 276 g/mol. The molecule has 1 saturated carbocycles. The number of aliphatic hydroxyl groups excluding tert-OH is 1. The minimum Gasteiger partial charge on any atom is -0.395 e. The number of amides is 1. The second-order valence-electron chi connectivity index (χ2n) is 7.62. The lowest BCUT2D eigenvalue weighted by molar-refractivity contribution is -0.123. The summed E-state index contributed by atoms with van der Waals surface area (Å²) in [4.78, 5) is 14.5. The van der Waals surface area contributed by atoms with Gasteiger partial charge >= 0.3 is 0 Å². The zero-order chi connectivity index (χ0) is 15.8. The van der Waals surface area contributed by atoms with Crippen molar-refractivity contribution in [3.05, 3.63) is 0 Å². The van der Waals surface area contributed by atoms with Gasteiger partial charge in [-0.2, -0.15) is 0 Å². The average Bonchev–Trinajstić information content (AvgIpc) is 2.94.